The average Bonchev–Trinajstić information content (AvgIpc) is 2.61. The van der Waals surface area contributed by atoms with Crippen LogP contribution in [0.4, 0.5) is 0 Å². The van der Waals surface area contributed by atoms with Gasteiger partial charge in [0.1, 0.15) is 12.1 Å². The van der Waals surface area contributed by atoms with Gasteiger partial charge in [-0.1, -0.05) is 55.4 Å². The number of aliphatic hydroxyl groups excluding tert-OH is 1. The Balaban J connectivity index is 5.43. The van der Waals surface area contributed by atoms with E-state index in [2.05, 4.69) is 16.0 Å². The van der Waals surface area contributed by atoms with Crippen LogP contribution in [0.3, 0.4) is 0 Å². The molecule has 186 valence electrons. The first kappa shape index (κ1) is 29.8. The predicted molar refractivity (Wildman–Crippen MR) is 124 cm³/mol. The Morgan fingerprint density at radius 3 is 1.59 bits per heavy atom. The molecule has 0 fully saturated rings. The van der Waals surface area contributed by atoms with Gasteiger partial charge in [-0.2, -0.15) is 0 Å². The minimum atomic E-state index is -1.12. The van der Waals surface area contributed by atoms with Crippen molar-refractivity contribution in [1.82, 2.24) is 16.0 Å². The molecule has 0 heterocycles. The SMILES string of the molecule is CC(C)CC(=O)N[C@H](C(=O)N[C@H](C(=O)N[C@@H](CC(C)C)[C@@H](O)CC(N)=O)C(C)C)C(C)C. The summed E-state index contributed by atoms with van der Waals surface area (Å²) >= 11 is 0. The summed E-state index contributed by atoms with van der Waals surface area (Å²) in [6.07, 6.45) is -0.646. The monoisotopic (exact) mass is 456 g/mol. The number of hydrogen-bond donors (Lipinski definition) is 5. The molecule has 0 aliphatic carbocycles. The van der Waals surface area contributed by atoms with Gasteiger partial charge in [-0.05, 0) is 30.1 Å². The van der Waals surface area contributed by atoms with Gasteiger partial charge in [0, 0.05) is 6.42 Å². The van der Waals surface area contributed by atoms with Gasteiger partial charge in [0.15, 0.2) is 0 Å². The average molecular weight is 457 g/mol. The van der Waals surface area contributed by atoms with E-state index in [1.807, 2.05) is 41.5 Å². The lowest BCUT2D eigenvalue weighted by Crippen LogP contribution is -2.59. The van der Waals surface area contributed by atoms with Gasteiger partial charge in [0.2, 0.25) is 23.6 Å². The molecule has 0 bridgehead atoms. The van der Waals surface area contributed by atoms with Crippen LogP contribution in [0.25, 0.3) is 0 Å². The molecule has 4 amide bonds. The van der Waals surface area contributed by atoms with Crippen LogP contribution in [0.5, 0.6) is 0 Å². The van der Waals surface area contributed by atoms with Crippen molar-refractivity contribution >= 4 is 23.6 Å². The minimum absolute atomic E-state index is 0.149. The molecule has 4 atom stereocenters. The van der Waals surface area contributed by atoms with Crippen LogP contribution in [0, 0.1) is 23.7 Å². The largest absolute Gasteiger partial charge is 0.390 e. The second kappa shape index (κ2) is 14.1. The maximum atomic E-state index is 13.0. The van der Waals surface area contributed by atoms with Crippen LogP contribution in [0.1, 0.15) is 74.7 Å². The maximum Gasteiger partial charge on any atom is 0.243 e. The predicted octanol–water partition coefficient (Wildman–Crippen LogP) is 1.08. The molecule has 0 saturated heterocycles. The fraction of sp³-hybridized carbons (Fsp3) is 0.826. The van der Waals surface area contributed by atoms with Crippen molar-refractivity contribution in [3.63, 3.8) is 0 Å². The molecule has 0 aromatic carbocycles. The number of nitrogens with two attached hydrogens (primary N) is 1. The van der Waals surface area contributed by atoms with Crippen molar-refractivity contribution in [1.29, 1.82) is 0 Å². The van der Waals surface area contributed by atoms with E-state index in [-0.39, 0.29) is 36.0 Å². The molecule has 9 heteroatoms. The molecule has 0 unspecified atom stereocenters. The summed E-state index contributed by atoms with van der Waals surface area (Å²) in [4.78, 5) is 49.4. The topological polar surface area (TPSA) is 151 Å². The number of aliphatic hydroxyl groups is 1. The van der Waals surface area contributed by atoms with Crippen LogP contribution in [0.15, 0.2) is 0 Å². The number of nitrogens with one attached hydrogen (secondary N) is 3. The van der Waals surface area contributed by atoms with E-state index in [1.54, 1.807) is 13.8 Å². The van der Waals surface area contributed by atoms with Gasteiger partial charge in [-0.25, -0.2) is 0 Å². The van der Waals surface area contributed by atoms with Crippen LogP contribution >= 0.6 is 0 Å². The second-order valence-electron chi connectivity index (χ2n) is 10.1. The van der Waals surface area contributed by atoms with Crippen molar-refractivity contribution in [2.75, 3.05) is 0 Å². The third-order valence-electron chi connectivity index (χ3n) is 5.03. The van der Waals surface area contributed by atoms with Gasteiger partial charge in [0.05, 0.1) is 18.6 Å². The molecule has 0 aliphatic heterocycles. The standard InChI is InChI=1S/C23H44N4O5/c1-12(2)9-16(17(28)11-18(24)29)25-22(31)21(15(7)8)27-23(32)20(14(5)6)26-19(30)10-13(3)4/h12-17,20-21,28H,9-11H2,1-8H3,(H2,24,29)(H,25,31)(H,26,30)(H,27,32)/t16-,17-,20-,21-/m0/s1. The van der Waals surface area contributed by atoms with E-state index < -0.39 is 42.0 Å². The first-order chi connectivity index (χ1) is 14.6. The number of hydrogen-bond acceptors (Lipinski definition) is 5. The summed E-state index contributed by atoms with van der Waals surface area (Å²) in [6, 6.07) is -2.33. The molecule has 0 radical (unpaired) electrons. The first-order valence-electron chi connectivity index (χ1n) is 11.5. The highest BCUT2D eigenvalue weighted by atomic mass is 16.3. The summed E-state index contributed by atoms with van der Waals surface area (Å²) in [5.74, 6) is -1.89. The zero-order valence-electron chi connectivity index (χ0n) is 20.9. The zero-order valence-corrected chi connectivity index (χ0v) is 20.9. The third kappa shape index (κ3) is 11.5. The molecule has 0 aromatic heterocycles. The van der Waals surface area contributed by atoms with Crippen molar-refractivity contribution in [3.05, 3.63) is 0 Å². The molecule has 32 heavy (non-hydrogen) atoms. The lowest BCUT2D eigenvalue weighted by Gasteiger charge is -2.30. The number of rotatable bonds is 14. The quantitative estimate of drug-likeness (QED) is 0.265. The Morgan fingerprint density at radius 2 is 1.19 bits per heavy atom. The summed E-state index contributed by atoms with van der Waals surface area (Å²) in [6.45, 7) is 14.9. The normalized spacial score (nSPS) is 15.4. The van der Waals surface area contributed by atoms with Gasteiger partial charge in [0.25, 0.3) is 0 Å². The molecule has 0 aromatic rings. The summed E-state index contributed by atoms with van der Waals surface area (Å²) in [7, 11) is 0. The Hall–Kier alpha value is -2.16. The highest BCUT2D eigenvalue weighted by Gasteiger charge is 2.32. The second-order valence-corrected chi connectivity index (χ2v) is 10.1. The summed E-state index contributed by atoms with van der Waals surface area (Å²) in [5.41, 5.74) is 5.19. The van der Waals surface area contributed by atoms with Gasteiger partial charge in [-0.3, -0.25) is 19.2 Å². The van der Waals surface area contributed by atoms with Crippen molar-refractivity contribution < 1.29 is 24.3 Å². The molecular weight excluding hydrogens is 412 g/mol. The Morgan fingerprint density at radius 1 is 0.719 bits per heavy atom. The third-order valence-corrected chi connectivity index (χ3v) is 5.03. The smallest absolute Gasteiger partial charge is 0.243 e. The Bertz CT molecular complexity index is 634. The molecule has 0 saturated carbocycles. The lowest BCUT2D eigenvalue weighted by molar-refractivity contribution is -0.134. The number of primary amides is 1. The first-order valence-corrected chi connectivity index (χ1v) is 11.5. The minimum Gasteiger partial charge on any atom is -0.390 e. The number of carbonyl (C=O) groups excluding carboxylic acids is 4. The van der Waals surface area contributed by atoms with Gasteiger partial charge >= 0.3 is 0 Å². The summed E-state index contributed by atoms with van der Waals surface area (Å²) in [5, 5.41) is 18.7. The van der Waals surface area contributed by atoms with Crippen LogP contribution in [-0.2, 0) is 19.2 Å². The highest BCUT2D eigenvalue weighted by molar-refractivity contribution is 5.92. The van der Waals surface area contributed by atoms with E-state index in [4.69, 9.17) is 5.73 Å². The molecule has 6 N–H and O–H groups in total. The maximum absolute atomic E-state index is 13.0. The van der Waals surface area contributed by atoms with Crippen molar-refractivity contribution in [3.8, 4) is 0 Å². The van der Waals surface area contributed by atoms with E-state index in [0.717, 1.165) is 0 Å². The van der Waals surface area contributed by atoms with Crippen molar-refractivity contribution in [2.24, 2.45) is 29.4 Å². The molecule has 0 spiro atoms. The van der Waals surface area contributed by atoms with E-state index in [1.165, 1.54) is 0 Å². The molecule has 9 nitrogen and oxygen atoms in total. The lowest BCUT2D eigenvalue weighted by atomic mass is 9.95. The van der Waals surface area contributed by atoms with Gasteiger partial charge < -0.3 is 26.8 Å². The highest BCUT2D eigenvalue weighted by Crippen LogP contribution is 2.13. The zero-order chi connectivity index (χ0) is 25.2. The van der Waals surface area contributed by atoms with Crippen LogP contribution < -0.4 is 21.7 Å². The Labute approximate surface area is 192 Å². The van der Waals surface area contributed by atoms with E-state index >= 15 is 0 Å². The number of amides is 4. The molecule has 0 aliphatic rings. The van der Waals surface area contributed by atoms with Crippen LogP contribution in [-0.4, -0.2) is 53.0 Å². The van der Waals surface area contributed by atoms with Crippen molar-refractivity contribution in [2.45, 2.75) is 98.9 Å². The molecular formula is C23H44N4O5. The van der Waals surface area contributed by atoms with Gasteiger partial charge in [-0.15, -0.1) is 0 Å². The fourth-order valence-corrected chi connectivity index (χ4v) is 3.36. The Kier molecular flexibility index (Phi) is 13.1. The fourth-order valence-electron chi connectivity index (χ4n) is 3.36. The van der Waals surface area contributed by atoms with E-state index in [9.17, 15) is 24.3 Å². The number of carbonyl (C=O) groups is 4. The summed E-state index contributed by atoms with van der Waals surface area (Å²) < 4.78 is 0. The van der Waals surface area contributed by atoms with Crippen LogP contribution in [0.2, 0.25) is 0 Å². The van der Waals surface area contributed by atoms with E-state index in [0.29, 0.717) is 12.8 Å². The molecule has 0 rings (SSSR count).